The number of likely N-dealkylation sites (tertiary alicyclic amines) is 1. The number of esters is 1. The Bertz CT molecular complexity index is 1180. The maximum absolute atomic E-state index is 13.9. The number of carbonyl (C=O) groups is 3. The Kier molecular flexibility index (Phi) is 6.73. The molecule has 0 unspecified atom stereocenters. The standard InChI is InChI=1S/C31H31NO4/c1-22(33)36-31(24-16-8-3-9-17-24,25-18-10-4-11-19-25)29-27(28(34)23-14-6-2-7-15-23)30(35)32(29)26-20-12-5-13-21-26/h2-4,6-11,14-19,26-27,29H,5,12-13,20-21H2,1H3/t27-,29+/m1/s1. The molecule has 5 rings (SSSR count). The van der Waals surface area contributed by atoms with Crippen LogP contribution in [0.15, 0.2) is 91.0 Å². The fraction of sp³-hybridized carbons (Fsp3) is 0.323. The minimum Gasteiger partial charge on any atom is -0.447 e. The van der Waals surface area contributed by atoms with Gasteiger partial charge in [-0.1, -0.05) is 110 Å². The third-order valence-electron chi connectivity index (χ3n) is 7.57. The van der Waals surface area contributed by atoms with E-state index in [4.69, 9.17) is 4.74 Å². The van der Waals surface area contributed by atoms with Crippen LogP contribution >= 0.6 is 0 Å². The summed E-state index contributed by atoms with van der Waals surface area (Å²) in [4.78, 5) is 42.3. The Balaban J connectivity index is 1.73. The predicted octanol–water partition coefficient (Wildman–Crippen LogP) is 5.54. The number of hydrogen-bond acceptors (Lipinski definition) is 4. The van der Waals surface area contributed by atoms with Crippen molar-refractivity contribution in [2.75, 3.05) is 0 Å². The van der Waals surface area contributed by atoms with Crippen molar-refractivity contribution >= 4 is 17.7 Å². The molecule has 1 heterocycles. The third-order valence-corrected chi connectivity index (χ3v) is 7.57. The monoisotopic (exact) mass is 481 g/mol. The molecular weight excluding hydrogens is 450 g/mol. The van der Waals surface area contributed by atoms with Gasteiger partial charge in [-0.25, -0.2) is 0 Å². The molecule has 1 saturated heterocycles. The highest BCUT2D eigenvalue weighted by Crippen LogP contribution is 2.50. The normalized spacial score (nSPS) is 20.5. The summed E-state index contributed by atoms with van der Waals surface area (Å²) in [6, 6.07) is 27.4. The van der Waals surface area contributed by atoms with Gasteiger partial charge in [0.1, 0.15) is 5.92 Å². The topological polar surface area (TPSA) is 63.7 Å². The van der Waals surface area contributed by atoms with Crippen molar-refractivity contribution in [3.05, 3.63) is 108 Å². The van der Waals surface area contributed by atoms with E-state index in [0.29, 0.717) is 5.56 Å². The van der Waals surface area contributed by atoms with Crippen LogP contribution in [0.1, 0.15) is 60.5 Å². The lowest BCUT2D eigenvalue weighted by Gasteiger charge is -2.58. The predicted molar refractivity (Wildman–Crippen MR) is 137 cm³/mol. The van der Waals surface area contributed by atoms with Crippen LogP contribution in [-0.2, 0) is 19.9 Å². The second kappa shape index (κ2) is 10.1. The highest BCUT2D eigenvalue weighted by atomic mass is 16.6. The number of hydrogen-bond donors (Lipinski definition) is 0. The number of ether oxygens (including phenoxy) is 1. The van der Waals surface area contributed by atoms with Gasteiger partial charge in [-0.3, -0.25) is 14.4 Å². The molecule has 1 aliphatic carbocycles. The summed E-state index contributed by atoms with van der Waals surface area (Å²) in [5, 5.41) is 0. The number of benzene rings is 3. The minimum atomic E-state index is -1.32. The fourth-order valence-corrected chi connectivity index (χ4v) is 6.03. The first kappa shape index (κ1) is 24.0. The molecule has 2 atom stereocenters. The van der Waals surface area contributed by atoms with E-state index in [1.165, 1.54) is 6.92 Å². The van der Waals surface area contributed by atoms with Gasteiger partial charge in [0.05, 0.1) is 6.04 Å². The molecule has 1 saturated carbocycles. The van der Waals surface area contributed by atoms with E-state index in [1.54, 1.807) is 24.3 Å². The van der Waals surface area contributed by atoms with Crippen molar-refractivity contribution in [1.29, 1.82) is 0 Å². The van der Waals surface area contributed by atoms with E-state index in [9.17, 15) is 14.4 Å². The van der Waals surface area contributed by atoms with Crippen LogP contribution in [0.5, 0.6) is 0 Å². The maximum Gasteiger partial charge on any atom is 0.303 e. The smallest absolute Gasteiger partial charge is 0.303 e. The third kappa shape index (κ3) is 4.13. The fourth-order valence-electron chi connectivity index (χ4n) is 6.03. The Hall–Kier alpha value is -3.73. The Morgan fingerprint density at radius 2 is 1.28 bits per heavy atom. The molecule has 5 heteroatoms. The highest BCUT2D eigenvalue weighted by Gasteiger charge is 2.65. The van der Waals surface area contributed by atoms with Gasteiger partial charge in [0, 0.05) is 29.7 Å². The van der Waals surface area contributed by atoms with Gasteiger partial charge in [0.25, 0.3) is 0 Å². The molecule has 0 aromatic heterocycles. The van der Waals surface area contributed by atoms with Crippen molar-refractivity contribution in [1.82, 2.24) is 4.90 Å². The van der Waals surface area contributed by atoms with E-state index < -0.39 is 23.5 Å². The van der Waals surface area contributed by atoms with Gasteiger partial charge in [0.2, 0.25) is 5.91 Å². The molecular formula is C31H31NO4. The van der Waals surface area contributed by atoms with Crippen molar-refractivity contribution in [2.24, 2.45) is 5.92 Å². The molecule has 0 N–H and O–H groups in total. The zero-order chi connectivity index (χ0) is 25.1. The highest BCUT2D eigenvalue weighted by molar-refractivity contribution is 6.14. The van der Waals surface area contributed by atoms with Crippen LogP contribution in [0.2, 0.25) is 0 Å². The van der Waals surface area contributed by atoms with E-state index in [1.807, 2.05) is 71.6 Å². The molecule has 3 aromatic rings. The van der Waals surface area contributed by atoms with Crippen LogP contribution in [0.25, 0.3) is 0 Å². The van der Waals surface area contributed by atoms with Crippen LogP contribution in [0.3, 0.4) is 0 Å². The maximum atomic E-state index is 13.9. The molecule has 5 nitrogen and oxygen atoms in total. The van der Waals surface area contributed by atoms with Crippen LogP contribution in [-0.4, -0.2) is 34.6 Å². The van der Waals surface area contributed by atoms with Crippen LogP contribution in [0, 0.1) is 5.92 Å². The van der Waals surface area contributed by atoms with Gasteiger partial charge in [0.15, 0.2) is 11.4 Å². The summed E-state index contributed by atoms with van der Waals surface area (Å²) in [5.41, 5.74) is 0.655. The Morgan fingerprint density at radius 1 is 0.778 bits per heavy atom. The molecule has 3 aromatic carbocycles. The molecule has 0 bridgehead atoms. The lowest BCUT2D eigenvalue weighted by Crippen LogP contribution is -2.74. The first-order valence-electron chi connectivity index (χ1n) is 12.8. The summed E-state index contributed by atoms with van der Waals surface area (Å²) in [6.07, 6.45) is 4.98. The zero-order valence-electron chi connectivity index (χ0n) is 20.5. The van der Waals surface area contributed by atoms with Crippen LogP contribution in [0.4, 0.5) is 0 Å². The number of ketones is 1. The van der Waals surface area contributed by atoms with E-state index in [2.05, 4.69) is 0 Å². The minimum absolute atomic E-state index is 0.0124. The molecule has 2 fully saturated rings. The van der Waals surface area contributed by atoms with Crippen molar-refractivity contribution in [3.63, 3.8) is 0 Å². The Morgan fingerprint density at radius 3 is 1.78 bits per heavy atom. The number of Topliss-reactive ketones (excluding diaryl/α,β-unsaturated/α-hetero) is 1. The second-order valence-electron chi connectivity index (χ2n) is 9.75. The lowest BCUT2D eigenvalue weighted by molar-refractivity contribution is -0.190. The molecule has 1 aliphatic heterocycles. The largest absolute Gasteiger partial charge is 0.447 e. The van der Waals surface area contributed by atoms with E-state index in [0.717, 1.165) is 43.2 Å². The van der Waals surface area contributed by atoms with Crippen molar-refractivity contribution in [3.8, 4) is 0 Å². The average molecular weight is 482 g/mol. The van der Waals surface area contributed by atoms with Gasteiger partial charge in [-0.2, -0.15) is 0 Å². The van der Waals surface area contributed by atoms with Gasteiger partial charge in [-0.15, -0.1) is 0 Å². The summed E-state index contributed by atoms with van der Waals surface area (Å²) in [6.45, 7) is 1.39. The van der Waals surface area contributed by atoms with Crippen molar-refractivity contribution < 1.29 is 19.1 Å². The van der Waals surface area contributed by atoms with Gasteiger partial charge >= 0.3 is 5.97 Å². The van der Waals surface area contributed by atoms with Gasteiger partial charge < -0.3 is 9.64 Å². The molecule has 0 radical (unpaired) electrons. The number of β-lactam (4-membered cyclic amide) rings is 1. The van der Waals surface area contributed by atoms with E-state index in [-0.39, 0.29) is 17.7 Å². The molecule has 0 spiro atoms. The molecule has 1 amide bonds. The number of rotatable bonds is 7. The van der Waals surface area contributed by atoms with Crippen LogP contribution < -0.4 is 0 Å². The SMILES string of the molecule is CC(=O)OC(c1ccccc1)(c1ccccc1)[C@@H]1[C@@H](C(=O)c2ccccc2)C(=O)N1C1CCCCC1. The van der Waals surface area contributed by atoms with Crippen molar-refractivity contribution in [2.45, 2.75) is 56.7 Å². The molecule has 184 valence electrons. The molecule has 36 heavy (non-hydrogen) atoms. The quantitative estimate of drug-likeness (QED) is 0.192. The lowest BCUT2D eigenvalue weighted by atomic mass is 9.65. The van der Waals surface area contributed by atoms with Gasteiger partial charge in [-0.05, 0) is 12.8 Å². The number of nitrogens with zero attached hydrogens (tertiary/aromatic N) is 1. The van der Waals surface area contributed by atoms with E-state index >= 15 is 0 Å². The summed E-state index contributed by atoms with van der Waals surface area (Å²) in [5.74, 6) is -1.82. The number of amides is 1. The summed E-state index contributed by atoms with van der Waals surface area (Å²) < 4.78 is 6.31. The molecule has 2 aliphatic rings. The number of carbonyl (C=O) groups excluding carboxylic acids is 3. The Labute approximate surface area is 212 Å². The summed E-state index contributed by atoms with van der Waals surface area (Å²) >= 11 is 0. The first-order valence-corrected chi connectivity index (χ1v) is 12.8. The summed E-state index contributed by atoms with van der Waals surface area (Å²) in [7, 11) is 0. The zero-order valence-corrected chi connectivity index (χ0v) is 20.5. The average Bonchev–Trinajstić information content (AvgIpc) is 2.92. The second-order valence-corrected chi connectivity index (χ2v) is 9.75. The first-order chi connectivity index (χ1) is 17.5.